The summed E-state index contributed by atoms with van der Waals surface area (Å²) in [6.07, 6.45) is -3.99. The highest BCUT2D eigenvalue weighted by Gasteiger charge is 2.54. The van der Waals surface area contributed by atoms with Crippen molar-refractivity contribution in [1.29, 1.82) is 0 Å². The number of benzene rings is 3. The van der Waals surface area contributed by atoms with Crippen molar-refractivity contribution in [3.63, 3.8) is 0 Å². The van der Waals surface area contributed by atoms with Gasteiger partial charge in [-0.25, -0.2) is 0 Å². The van der Waals surface area contributed by atoms with E-state index in [2.05, 4.69) is 0 Å². The molecule has 2 aliphatic rings. The SMILES string of the molecule is CCO[C@@H]1O[C@H](COCc2ccccc2)[C@@H](O)[C@H](OCc2ccccc2)[C@H]1N1C(=O)c2ccccc2C1=O. The summed E-state index contributed by atoms with van der Waals surface area (Å²) in [4.78, 5) is 28.0. The van der Waals surface area contributed by atoms with E-state index in [9.17, 15) is 14.7 Å². The number of aliphatic hydroxyl groups excluding tert-OH is 1. The van der Waals surface area contributed by atoms with Crippen molar-refractivity contribution >= 4 is 11.8 Å². The predicted octanol–water partition coefficient (Wildman–Crippen LogP) is 3.58. The van der Waals surface area contributed by atoms with Crippen LogP contribution in [0.3, 0.4) is 0 Å². The van der Waals surface area contributed by atoms with Crippen molar-refractivity contribution in [1.82, 2.24) is 4.90 Å². The summed E-state index contributed by atoms with van der Waals surface area (Å²) < 4.78 is 24.2. The first kappa shape index (κ1) is 26.2. The largest absolute Gasteiger partial charge is 0.388 e. The van der Waals surface area contributed by atoms with Crippen LogP contribution in [0.2, 0.25) is 0 Å². The molecule has 5 rings (SSSR count). The van der Waals surface area contributed by atoms with Crippen molar-refractivity contribution in [2.45, 2.75) is 50.8 Å². The maximum absolute atomic E-state index is 13.4. The zero-order chi connectivity index (χ0) is 26.5. The fourth-order valence-electron chi connectivity index (χ4n) is 4.92. The van der Waals surface area contributed by atoms with Crippen molar-refractivity contribution in [2.75, 3.05) is 13.2 Å². The Morgan fingerprint density at radius 1 is 0.789 bits per heavy atom. The van der Waals surface area contributed by atoms with Crippen LogP contribution in [-0.4, -0.2) is 65.7 Å². The number of rotatable bonds is 10. The van der Waals surface area contributed by atoms with Crippen LogP contribution >= 0.6 is 0 Å². The fourth-order valence-corrected chi connectivity index (χ4v) is 4.92. The lowest BCUT2D eigenvalue weighted by Gasteiger charge is -2.46. The van der Waals surface area contributed by atoms with Crippen molar-refractivity contribution in [3.05, 3.63) is 107 Å². The summed E-state index contributed by atoms with van der Waals surface area (Å²) >= 11 is 0. The first-order valence-electron chi connectivity index (χ1n) is 12.8. The highest BCUT2D eigenvalue weighted by atomic mass is 16.7. The summed E-state index contributed by atoms with van der Waals surface area (Å²) in [5.41, 5.74) is 2.48. The van der Waals surface area contributed by atoms with Gasteiger partial charge in [0.2, 0.25) is 0 Å². The highest BCUT2D eigenvalue weighted by molar-refractivity contribution is 6.21. The Morgan fingerprint density at radius 2 is 1.34 bits per heavy atom. The lowest BCUT2D eigenvalue weighted by molar-refractivity contribution is -0.289. The molecule has 2 heterocycles. The zero-order valence-electron chi connectivity index (χ0n) is 21.1. The minimum Gasteiger partial charge on any atom is -0.388 e. The van der Waals surface area contributed by atoms with E-state index in [-0.39, 0.29) is 19.8 Å². The number of hydrogen-bond acceptors (Lipinski definition) is 7. The molecule has 3 aromatic rings. The average Bonchev–Trinajstić information content (AvgIpc) is 3.20. The minimum absolute atomic E-state index is 0.0691. The van der Waals surface area contributed by atoms with Crippen LogP contribution in [-0.2, 0) is 32.2 Å². The van der Waals surface area contributed by atoms with E-state index >= 15 is 0 Å². The lowest BCUT2D eigenvalue weighted by atomic mass is 9.95. The van der Waals surface area contributed by atoms with Crippen LogP contribution in [0, 0.1) is 0 Å². The molecule has 0 saturated carbocycles. The van der Waals surface area contributed by atoms with Crippen LogP contribution in [0.15, 0.2) is 84.9 Å². The van der Waals surface area contributed by atoms with Crippen molar-refractivity contribution < 1.29 is 33.6 Å². The van der Waals surface area contributed by atoms with Gasteiger partial charge < -0.3 is 24.1 Å². The minimum atomic E-state index is -1.19. The standard InChI is InChI=1S/C30H31NO7/c1-2-36-30-25(31-28(33)22-15-9-10-16-23(22)29(31)34)27(37-18-21-13-7-4-8-14-21)26(32)24(38-30)19-35-17-20-11-5-3-6-12-20/h3-16,24-27,30,32H,2,17-19H2,1H3/t24-,25-,26-,27-,30-/m1/s1. The fraction of sp³-hybridized carbons (Fsp3) is 0.333. The van der Waals surface area contributed by atoms with Crippen LogP contribution in [0.5, 0.6) is 0 Å². The average molecular weight is 518 g/mol. The number of fused-ring (bicyclic) bond motifs is 1. The number of amides is 2. The second kappa shape index (κ2) is 12.0. The van der Waals surface area contributed by atoms with Gasteiger partial charge in [0.05, 0.1) is 30.9 Å². The maximum atomic E-state index is 13.4. The van der Waals surface area contributed by atoms with Crippen LogP contribution in [0.1, 0.15) is 38.8 Å². The van der Waals surface area contributed by atoms with Crippen LogP contribution in [0.25, 0.3) is 0 Å². The Kier molecular flexibility index (Phi) is 8.26. The predicted molar refractivity (Wildman–Crippen MR) is 138 cm³/mol. The summed E-state index contributed by atoms with van der Waals surface area (Å²) in [6, 6.07) is 24.8. The van der Waals surface area contributed by atoms with Gasteiger partial charge in [-0.05, 0) is 30.2 Å². The molecule has 8 nitrogen and oxygen atoms in total. The lowest BCUT2D eigenvalue weighted by Crippen LogP contribution is -2.66. The number of aliphatic hydroxyl groups is 1. The first-order valence-corrected chi connectivity index (χ1v) is 12.8. The zero-order valence-corrected chi connectivity index (χ0v) is 21.1. The van der Waals surface area contributed by atoms with Gasteiger partial charge in [-0.1, -0.05) is 72.8 Å². The topological polar surface area (TPSA) is 94.5 Å². The Labute approximate surface area is 221 Å². The molecule has 0 unspecified atom stereocenters. The van der Waals surface area contributed by atoms with E-state index < -0.39 is 42.5 Å². The molecule has 0 bridgehead atoms. The Balaban J connectivity index is 1.41. The van der Waals surface area contributed by atoms with E-state index in [0.29, 0.717) is 17.7 Å². The Morgan fingerprint density at radius 3 is 1.92 bits per heavy atom. The number of imide groups is 1. The third kappa shape index (κ3) is 5.41. The number of hydrogen-bond donors (Lipinski definition) is 1. The summed E-state index contributed by atoms with van der Waals surface area (Å²) in [6.45, 7) is 2.64. The molecule has 3 aromatic carbocycles. The van der Waals surface area contributed by atoms with Gasteiger partial charge in [-0.15, -0.1) is 0 Å². The molecule has 1 saturated heterocycles. The molecule has 0 spiro atoms. The highest BCUT2D eigenvalue weighted by Crippen LogP contribution is 2.34. The molecule has 1 fully saturated rings. The first-order chi connectivity index (χ1) is 18.6. The van der Waals surface area contributed by atoms with E-state index in [1.54, 1.807) is 31.2 Å². The molecule has 2 amide bonds. The van der Waals surface area contributed by atoms with Gasteiger partial charge in [-0.2, -0.15) is 0 Å². The third-order valence-corrected chi connectivity index (χ3v) is 6.78. The van der Waals surface area contributed by atoms with Gasteiger partial charge in [0.25, 0.3) is 11.8 Å². The third-order valence-electron chi connectivity index (χ3n) is 6.78. The van der Waals surface area contributed by atoms with Crippen molar-refractivity contribution in [2.24, 2.45) is 0 Å². The maximum Gasteiger partial charge on any atom is 0.262 e. The van der Waals surface area contributed by atoms with E-state index in [0.717, 1.165) is 16.0 Å². The molecule has 0 radical (unpaired) electrons. The Bertz CT molecular complexity index is 1200. The van der Waals surface area contributed by atoms with Crippen LogP contribution in [0.4, 0.5) is 0 Å². The number of nitrogens with zero attached hydrogens (tertiary/aromatic N) is 1. The normalized spacial score (nSPS) is 25.0. The van der Waals surface area contributed by atoms with Crippen molar-refractivity contribution in [3.8, 4) is 0 Å². The molecule has 0 aliphatic carbocycles. The molecule has 38 heavy (non-hydrogen) atoms. The Hall–Kier alpha value is -3.40. The number of carbonyl (C=O) groups excluding carboxylic acids is 2. The second-order valence-corrected chi connectivity index (χ2v) is 9.27. The van der Waals surface area contributed by atoms with E-state index in [4.69, 9.17) is 18.9 Å². The van der Waals surface area contributed by atoms with Gasteiger partial charge >= 0.3 is 0 Å². The van der Waals surface area contributed by atoms with Gasteiger partial charge in [0.15, 0.2) is 6.29 Å². The summed E-state index contributed by atoms with van der Waals surface area (Å²) in [5.74, 6) is -0.939. The summed E-state index contributed by atoms with van der Waals surface area (Å²) in [5, 5.41) is 11.5. The van der Waals surface area contributed by atoms with E-state index in [1.807, 2.05) is 60.7 Å². The summed E-state index contributed by atoms with van der Waals surface area (Å²) in [7, 11) is 0. The van der Waals surface area contributed by atoms with Gasteiger partial charge in [-0.3, -0.25) is 14.5 Å². The monoisotopic (exact) mass is 517 g/mol. The van der Waals surface area contributed by atoms with E-state index in [1.165, 1.54) is 0 Å². The van der Waals surface area contributed by atoms with Crippen LogP contribution < -0.4 is 0 Å². The molecule has 2 aliphatic heterocycles. The molecular formula is C30H31NO7. The quantitative estimate of drug-likeness (QED) is 0.411. The molecule has 1 N–H and O–H groups in total. The molecule has 198 valence electrons. The van der Waals surface area contributed by atoms with Gasteiger partial charge in [0.1, 0.15) is 24.4 Å². The number of carbonyl (C=O) groups is 2. The smallest absolute Gasteiger partial charge is 0.262 e. The van der Waals surface area contributed by atoms with Gasteiger partial charge in [0, 0.05) is 6.61 Å². The molecule has 0 aromatic heterocycles. The molecular weight excluding hydrogens is 486 g/mol. The molecule has 8 heteroatoms. The number of ether oxygens (including phenoxy) is 4. The molecule has 5 atom stereocenters. The second-order valence-electron chi connectivity index (χ2n) is 9.27.